The van der Waals surface area contributed by atoms with Gasteiger partial charge in [0.25, 0.3) is 5.56 Å². The van der Waals surface area contributed by atoms with Crippen LogP contribution in [0.5, 0.6) is 0 Å². The van der Waals surface area contributed by atoms with Crippen molar-refractivity contribution < 1.29 is 0 Å². The molecule has 0 saturated heterocycles. The first kappa shape index (κ1) is 11.9. The molecule has 92 valence electrons. The number of aryl methyl sites for hydroxylation is 2. The van der Waals surface area contributed by atoms with Gasteiger partial charge in [-0.15, -0.1) is 0 Å². The minimum absolute atomic E-state index is 0.390. The Morgan fingerprint density at radius 3 is 2.71 bits per heavy atom. The van der Waals surface area contributed by atoms with Crippen molar-refractivity contribution >= 4 is 22.9 Å². The first-order chi connectivity index (χ1) is 8.06. The number of fused-ring (bicyclic) bond motifs is 1. The van der Waals surface area contributed by atoms with Crippen LogP contribution < -0.4 is 17.0 Å². The SMILES string of the molecule is Cn1c(SCCN)nc2c1c(=O)[nH]c(=O)n2C. The van der Waals surface area contributed by atoms with E-state index in [9.17, 15) is 9.59 Å². The fourth-order valence-electron chi connectivity index (χ4n) is 1.57. The van der Waals surface area contributed by atoms with Crippen LogP contribution in [0.15, 0.2) is 14.7 Å². The Labute approximate surface area is 101 Å². The van der Waals surface area contributed by atoms with Crippen LogP contribution in [0.2, 0.25) is 0 Å². The molecule has 0 aliphatic heterocycles. The van der Waals surface area contributed by atoms with Gasteiger partial charge in [0, 0.05) is 26.4 Å². The summed E-state index contributed by atoms with van der Waals surface area (Å²) >= 11 is 1.45. The molecule has 2 aromatic rings. The molecule has 2 heterocycles. The van der Waals surface area contributed by atoms with Gasteiger partial charge in [0.15, 0.2) is 16.3 Å². The molecule has 0 aliphatic carbocycles. The number of hydrogen-bond acceptors (Lipinski definition) is 5. The Bertz CT molecular complexity index is 668. The van der Waals surface area contributed by atoms with Crippen LogP contribution in [0.25, 0.3) is 11.2 Å². The number of hydrogen-bond donors (Lipinski definition) is 2. The van der Waals surface area contributed by atoms with Crippen LogP contribution in [0, 0.1) is 0 Å². The molecule has 0 saturated carbocycles. The van der Waals surface area contributed by atoms with Crippen LogP contribution in [0.3, 0.4) is 0 Å². The van der Waals surface area contributed by atoms with Crippen molar-refractivity contribution in [3.8, 4) is 0 Å². The minimum Gasteiger partial charge on any atom is -0.330 e. The molecule has 0 aromatic carbocycles. The maximum Gasteiger partial charge on any atom is 0.329 e. The Balaban J connectivity index is 2.73. The highest BCUT2D eigenvalue weighted by Crippen LogP contribution is 2.18. The second-order valence-electron chi connectivity index (χ2n) is 3.58. The molecular weight excluding hydrogens is 242 g/mol. The molecule has 2 aromatic heterocycles. The zero-order valence-corrected chi connectivity index (χ0v) is 10.4. The molecule has 0 fully saturated rings. The maximum absolute atomic E-state index is 11.7. The van der Waals surface area contributed by atoms with Gasteiger partial charge in [0.1, 0.15) is 0 Å². The lowest BCUT2D eigenvalue weighted by molar-refractivity contribution is 0.810. The van der Waals surface area contributed by atoms with E-state index in [1.165, 1.54) is 16.3 Å². The molecule has 0 spiro atoms. The lowest BCUT2D eigenvalue weighted by Crippen LogP contribution is -2.29. The average Bonchev–Trinajstić information content (AvgIpc) is 2.61. The second-order valence-corrected chi connectivity index (χ2v) is 4.64. The molecule has 2 rings (SSSR count). The van der Waals surface area contributed by atoms with E-state index in [2.05, 4.69) is 9.97 Å². The third-order valence-electron chi connectivity index (χ3n) is 2.44. The first-order valence-corrected chi connectivity index (χ1v) is 6.03. The number of aromatic amines is 1. The van der Waals surface area contributed by atoms with Gasteiger partial charge in [-0.2, -0.15) is 0 Å². The van der Waals surface area contributed by atoms with Crippen molar-refractivity contribution in [2.24, 2.45) is 19.8 Å². The minimum atomic E-state index is -0.462. The van der Waals surface area contributed by atoms with Gasteiger partial charge >= 0.3 is 5.69 Å². The van der Waals surface area contributed by atoms with E-state index in [0.717, 1.165) is 0 Å². The number of nitrogens with one attached hydrogen (secondary N) is 1. The average molecular weight is 255 g/mol. The van der Waals surface area contributed by atoms with Crippen molar-refractivity contribution in [2.75, 3.05) is 12.3 Å². The maximum atomic E-state index is 11.7. The Hall–Kier alpha value is -1.54. The molecule has 3 N–H and O–H groups in total. The topological polar surface area (TPSA) is 98.7 Å². The molecule has 0 bridgehead atoms. The zero-order valence-electron chi connectivity index (χ0n) is 9.56. The normalized spacial score (nSPS) is 11.2. The number of aromatic nitrogens is 4. The van der Waals surface area contributed by atoms with Gasteiger partial charge < -0.3 is 10.3 Å². The lowest BCUT2D eigenvalue weighted by atomic mass is 10.5. The van der Waals surface area contributed by atoms with Crippen molar-refractivity contribution in [1.29, 1.82) is 0 Å². The quantitative estimate of drug-likeness (QED) is 0.686. The smallest absolute Gasteiger partial charge is 0.329 e. The van der Waals surface area contributed by atoms with E-state index in [0.29, 0.717) is 28.6 Å². The summed E-state index contributed by atoms with van der Waals surface area (Å²) in [5.74, 6) is 0.711. The molecule has 0 radical (unpaired) electrons. The summed E-state index contributed by atoms with van der Waals surface area (Å²) in [6.07, 6.45) is 0. The summed E-state index contributed by atoms with van der Waals surface area (Å²) in [7, 11) is 3.32. The van der Waals surface area contributed by atoms with E-state index in [1.807, 2.05) is 0 Å². The number of imidazole rings is 1. The largest absolute Gasteiger partial charge is 0.330 e. The molecule has 0 unspecified atom stereocenters. The van der Waals surface area contributed by atoms with E-state index in [1.54, 1.807) is 18.7 Å². The zero-order chi connectivity index (χ0) is 12.6. The number of rotatable bonds is 3. The van der Waals surface area contributed by atoms with Gasteiger partial charge in [0.2, 0.25) is 0 Å². The van der Waals surface area contributed by atoms with Gasteiger partial charge in [-0.25, -0.2) is 9.78 Å². The van der Waals surface area contributed by atoms with E-state index in [-0.39, 0.29) is 0 Å². The van der Waals surface area contributed by atoms with E-state index < -0.39 is 11.2 Å². The molecule has 17 heavy (non-hydrogen) atoms. The third kappa shape index (κ3) is 1.89. The van der Waals surface area contributed by atoms with Crippen molar-refractivity contribution in [2.45, 2.75) is 5.16 Å². The second kappa shape index (κ2) is 4.38. The fraction of sp³-hybridized carbons (Fsp3) is 0.444. The number of H-pyrrole nitrogens is 1. The number of nitrogens with zero attached hydrogens (tertiary/aromatic N) is 3. The van der Waals surface area contributed by atoms with Gasteiger partial charge in [-0.05, 0) is 0 Å². The Kier molecular flexibility index (Phi) is 3.07. The van der Waals surface area contributed by atoms with Crippen LogP contribution in [0.1, 0.15) is 0 Å². The fourth-order valence-corrected chi connectivity index (χ4v) is 2.30. The lowest BCUT2D eigenvalue weighted by Gasteiger charge is -1.99. The van der Waals surface area contributed by atoms with Crippen LogP contribution in [0.4, 0.5) is 0 Å². The molecule has 8 heteroatoms. The monoisotopic (exact) mass is 255 g/mol. The highest BCUT2D eigenvalue weighted by molar-refractivity contribution is 7.99. The molecular formula is C9H13N5O2S. The number of thioether (sulfide) groups is 1. The van der Waals surface area contributed by atoms with Gasteiger partial charge in [-0.3, -0.25) is 14.3 Å². The summed E-state index contributed by atoms with van der Waals surface area (Å²) in [6, 6.07) is 0. The van der Waals surface area contributed by atoms with Crippen LogP contribution in [-0.4, -0.2) is 31.4 Å². The molecule has 0 atom stereocenters. The summed E-state index contributed by atoms with van der Waals surface area (Å²) in [6.45, 7) is 0.531. The standard InChI is InChI=1S/C9H13N5O2S/c1-13-5-6(11-9(13)17-4-3-10)14(2)8(16)12-7(5)15/h3-4,10H2,1-2H3,(H,12,15,16). The van der Waals surface area contributed by atoms with E-state index >= 15 is 0 Å². The van der Waals surface area contributed by atoms with Crippen molar-refractivity contribution in [3.63, 3.8) is 0 Å². The van der Waals surface area contributed by atoms with Crippen molar-refractivity contribution in [1.82, 2.24) is 19.1 Å². The van der Waals surface area contributed by atoms with Crippen LogP contribution >= 0.6 is 11.8 Å². The summed E-state index contributed by atoms with van der Waals surface area (Å²) < 4.78 is 3.00. The molecule has 7 nitrogen and oxygen atoms in total. The van der Waals surface area contributed by atoms with E-state index in [4.69, 9.17) is 5.73 Å². The molecule has 0 aliphatic rings. The first-order valence-electron chi connectivity index (χ1n) is 5.05. The van der Waals surface area contributed by atoms with Gasteiger partial charge in [0.05, 0.1) is 0 Å². The summed E-state index contributed by atoms with van der Waals surface area (Å²) in [4.78, 5) is 29.6. The third-order valence-corrected chi connectivity index (χ3v) is 3.51. The Morgan fingerprint density at radius 2 is 2.06 bits per heavy atom. The van der Waals surface area contributed by atoms with Crippen LogP contribution in [-0.2, 0) is 14.1 Å². The molecule has 0 amide bonds. The summed E-state index contributed by atoms with van der Waals surface area (Å²) in [5.41, 5.74) is 5.33. The highest BCUT2D eigenvalue weighted by atomic mass is 32.2. The predicted octanol–water partition coefficient (Wildman–Crippen LogP) is -0.989. The highest BCUT2D eigenvalue weighted by Gasteiger charge is 2.14. The Morgan fingerprint density at radius 1 is 1.35 bits per heavy atom. The van der Waals surface area contributed by atoms with Crippen molar-refractivity contribution in [3.05, 3.63) is 20.8 Å². The number of nitrogens with two attached hydrogens (primary N) is 1. The predicted molar refractivity (Wildman–Crippen MR) is 66.4 cm³/mol. The summed E-state index contributed by atoms with van der Waals surface area (Å²) in [5, 5.41) is 0.678. The van der Waals surface area contributed by atoms with Gasteiger partial charge in [-0.1, -0.05) is 11.8 Å².